The molecule has 2 nitrogen and oxygen atoms in total. The summed E-state index contributed by atoms with van der Waals surface area (Å²) in [4.78, 5) is 11.2. The molecule has 0 atom stereocenters. The third-order valence-corrected chi connectivity index (χ3v) is 2.01. The maximum absolute atomic E-state index is 11.2. The molecule has 12 heavy (non-hydrogen) atoms. The van der Waals surface area contributed by atoms with Gasteiger partial charge < -0.3 is 5.11 Å². The van der Waals surface area contributed by atoms with Crippen LogP contribution < -0.4 is 0 Å². The summed E-state index contributed by atoms with van der Waals surface area (Å²) >= 11 is 0. The molecule has 0 spiro atoms. The van der Waals surface area contributed by atoms with Crippen molar-refractivity contribution in [2.45, 2.75) is 19.8 Å². The highest BCUT2D eigenvalue weighted by atomic mass is 16.3. The normalized spacial score (nSPS) is 18.8. The Morgan fingerprint density at radius 3 is 2.75 bits per heavy atom. The second-order valence-electron chi connectivity index (χ2n) is 2.69. The topological polar surface area (TPSA) is 37.3 Å². The Kier molecular flexibility index (Phi) is 2.48. The van der Waals surface area contributed by atoms with Gasteiger partial charge in [0, 0.05) is 17.6 Å². The molecule has 0 unspecified atom stereocenters. The lowest BCUT2D eigenvalue weighted by atomic mass is 10.1. The smallest absolute Gasteiger partial charge is 0.163 e. The largest absolute Gasteiger partial charge is 0.508 e. The minimum atomic E-state index is 0.0772. The van der Waals surface area contributed by atoms with E-state index in [4.69, 9.17) is 0 Å². The number of ketones is 1. The van der Waals surface area contributed by atoms with Gasteiger partial charge in [0.1, 0.15) is 5.76 Å². The zero-order valence-corrected chi connectivity index (χ0v) is 7.13. The number of carbonyl (C=O) groups excluding carboxylic acids is 1. The molecule has 1 N–H and O–H groups in total. The number of allylic oxidation sites excluding steroid dienone is 4. The summed E-state index contributed by atoms with van der Waals surface area (Å²) in [6, 6.07) is 0. The molecule has 1 rings (SSSR count). The molecule has 0 amide bonds. The first-order valence-electron chi connectivity index (χ1n) is 3.95. The standard InChI is InChI=1S/C10H12O2/c1-3-7-8(9(11)4-2)5-6-10(7)12/h3-4,11H,1,5-6H2,2H3/b9-4+. The van der Waals surface area contributed by atoms with E-state index in [1.165, 1.54) is 6.08 Å². The Bertz CT molecular complexity index is 282. The summed E-state index contributed by atoms with van der Waals surface area (Å²) in [6.45, 7) is 5.28. The SMILES string of the molecule is C=CC1=C(/C(O)=C\C)CCC1=O. The quantitative estimate of drug-likeness (QED) is 0.636. The van der Waals surface area contributed by atoms with Crippen LogP contribution in [-0.2, 0) is 4.79 Å². The van der Waals surface area contributed by atoms with Crippen LogP contribution in [0.2, 0.25) is 0 Å². The molecule has 0 saturated heterocycles. The lowest BCUT2D eigenvalue weighted by Crippen LogP contribution is -1.93. The van der Waals surface area contributed by atoms with Crippen molar-refractivity contribution in [3.05, 3.63) is 35.6 Å². The van der Waals surface area contributed by atoms with E-state index >= 15 is 0 Å². The van der Waals surface area contributed by atoms with Gasteiger partial charge in [-0.15, -0.1) is 0 Å². The third-order valence-electron chi connectivity index (χ3n) is 2.01. The van der Waals surface area contributed by atoms with Crippen molar-refractivity contribution in [2.24, 2.45) is 0 Å². The Hall–Kier alpha value is -1.31. The van der Waals surface area contributed by atoms with Crippen LogP contribution in [0.25, 0.3) is 0 Å². The van der Waals surface area contributed by atoms with E-state index in [1.807, 2.05) is 0 Å². The van der Waals surface area contributed by atoms with E-state index < -0.39 is 0 Å². The average molecular weight is 164 g/mol. The Balaban J connectivity index is 3.09. The van der Waals surface area contributed by atoms with Gasteiger partial charge in [-0.2, -0.15) is 0 Å². The van der Waals surface area contributed by atoms with Gasteiger partial charge in [0.2, 0.25) is 0 Å². The molecule has 0 fully saturated rings. The summed E-state index contributed by atoms with van der Waals surface area (Å²) in [5.41, 5.74) is 1.31. The number of carbonyl (C=O) groups is 1. The van der Waals surface area contributed by atoms with Crippen molar-refractivity contribution in [3.8, 4) is 0 Å². The van der Waals surface area contributed by atoms with Crippen LogP contribution in [-0.4, -0.2) is 10.9 Å². The molecule has 0 saturated carbocycles. The van der Waals surface area contributed by atoms with Gasteiger partial charge in [-0.1, -0.05) is 12.7 Å². The summed E-state index contributed by atoms with van der Waals surface area (Å²) in [5, 5.41) is 9.38. The molecule has 0 bridgehead atoms. The Labute approximate surface area is 71.9 Å². The number of hydrogen-bond donors (Lipinski definition) is 1. The summed E-state index contributed by atoms with van der Waals surface area (Å²) < 4.78 is 0. The van der Waals surface area contributed by atoms with Gasteiger partial charge in [-0.05, 0) is 19.4 Å². The molecule has 0 aromatic rings. The predicted octanol–water partition coefficient (Wildman–Crippen LogP) is 2.29. The van der Waals surface area contributed by atoms with E-state index in [1.54, 1.807) is 13.0 Å². The van der Waals surface area contributed by atoms with E-state index in [-0.39, 0.29) is 11.5 Å². The van der Waals surface area contributed by atoms with Crippen molar-refractivity contribution in [3.63, 3.8) is 0 Å². The molecular weight excluding hydrogens is 152 g/mol. The average Bonchev–Trinajstić information content (AvgIpc) is 2.45. The van der Waals surface area contributed by atoms with Gasteiger partial charge in [0.25, 0.3) is 0 Å². The third kappa shape index (κ3) is 1.33. The number of hydrogen-bond acceptors (Lipinski definition) is 2. The van der Waals surface area contributed by atoms with Crippen LogP contribution in [0.5, 0.6) is 0 Å². The first-order chi connectivity index (χ1) is 5.70. The molecule has 0 radical (unpaired) electrons. The zero-order valence-electron chi connectivity index (χ0n) is 7.13. The minimum absolute atomic E-state index is 0.0772. The highest BCUT2D eigenvalue weighted by Gasteiger charge is 2.22. The summed E-state index contributed by atoms with van der Waals surface area (Å²) in [5.74, 6) is 0.282. The number of rotatable bonds is 2. The van der Waals surface area contributed by atoms with E-state index in [0.29, 0.717) is 18.4 Å². The maximum Gasteiger partial charge on any atom is 0.163 e. The highest BCUT2D eigenvalue weighted by molar-refractivity contribution is 6.01. The Morgan fingerprint density at radius 1 is 1.58 bits per heavy atom. The van der Waals surface area contributed by atoms with Crippen molar-refractivity contribution < 1.29 is 9.90 Å². The minimum Gasteiger partial charge on any atom is -0.508 e. The molecule has 0 heterocycles. The molecule has 2 heteroatoms. The Morgan fingerprint density at radius 2 is 2.25 bits per heavy atom. The maximum atomic E-state index is 11.2. The molecule has 0 aromatic heterocycles. The highest BCUT2D eigenvalue weighted by Crippen LogP contribution is 2.27. The van der Waals surface area contributed by atoms with Crippen LogP contribution in [0.15, 0.2) is 35.6 Å². The summed E-state index contributed by atoms with van der Waals surface area (Å²) in [6.07, 6.45) is 4.24. The van der Waals surface area contributed by atoms with Crippen molar-refractivity contribution in [1.29, 1.82) is 0 Å². The predicted molar refractivity (Wildman–Crippen MR) is 47.8 cm³/mol. The molecule has 1 aliphatic rings. The van der Waals surface area contributed by atoms with Crippen LogP contribution in [0.1, 0.15) is 19.8 Å². The zero-order chi connectivity index (χ0) is 9.14. The van der Waals surface area contributed by atoms with Crippen molar-refractivity contribution in [1.82, 2.24) is 0 Å². The van der Waals surface area contributed by atoms with Gasteiger partial charge in [0.15, 0.2) is 5.78 Å². The van der Waals surface area contributed by atoms with Crippen LogP contribution >= 0.6 is 0 Å². The summed E-state index contributed by atoms with van der Waals surface area (Å²) in [7, 11) is 0. The lowest BCUT2D eigenvalue weighted by molar-refractivity contribution is -0.114. The van der Waals surface area contributed by atoms with E-state index in [2.05, 4.69) is 6.58 Å². The van der Waals surface area contributed by atoms with Crippen LogP contribution in [0.4, 0.5) is 0 Å². The fraction of sp³-hybridized carbons (Fsp3) is 0.300. The molecule has 64 valence electrons. The van der Waals surface area contributed by atoms with Gasteiger partial charge in [-0.3, -0.25) is 4.79 Å². The lowest BCUT2D eigenvalue weighted by Gasteiger charge is -1.99. The van der Waals surface area contributed by atoms with Gasteiger partial charge in [-0.25, -0.2) is 0 Å². The fourth-order valence-corrected chi connectivity index (χ4v) is 1.35. The number of aliphatic hydroxyl groups excluding tert-OH is 1. The fourth-order valence-electron chi connectivity index (χ4n) is 1.35. The van der Waals surface area contributed by atoms with Crippen LogP contribution in [0, 0.1) is 0 Å². The monoisotopic (exact) mass is 164 g/mol. The molecule has 0 aliphatic heterocycles. The van der Waals surface area contributed by atoms with Crippen LogP contribution in [0.3, 0.4) is 0 Å². The van der Waals surface area contributed by atoms with E-state index in [9.17, 15) is 9.90 Å². The second kappa shape index (κ2) is 3.39. The van der Waals surface area contributed by atoms with Crippen molar-refractivity contribution >= 4 is 5.78 Å². The first-order valence-corrected chi connectivity index (χ1v) is 3.95. The number of Topliss-reactive ketones (excluding diaryl/α,β-unsaturated/α-hetero) is 1. The first kappa shape index (κ1) is 8.78. The molecule has 1 aliphatic carbocycles. The van der Waals surface area contributed by atoms with Gasteiger partial charge >= 0.3 is 0 Å². The molecule has 0 aromatic carbocycles. The van der Waals surface area contributed by atoms with Crippen molar-refractivity contribution in [2.75, 3.05) is 0 Å². The number of aliphatic hydroxyl groups is 1. The second-order valence-corrected chi connectivity index (χ2v) is 2.69. The van der Waals surface area contributed by atoms with Gasteiger partial charge in [0.05, 0.1) is 0 Å². The van der Waals surface area contributed by atoms with E-state index in [0.717, 1.165) is 5.57 Å². The molecular formula is C10H12O2.